The quantitative estimate of drug-likeness (QED) is 0.725. The van der Waals surface area contributed by atoms with Gasteiger partial charge in [0.15, 0.2) is 0 Å². The van der Waals surface area contributed by atoms with Gasteiger partial charge < -0.3 is 10.2 Å². The average Bonchev–Trinajstić information content (AvgIpc) is 3.09. The number of rotatable bonds is 4. The Morgan fingerprint density at radius 2 is 1.86 bits per heavy atom. The normalized spacial score (nSPS) is 17.6. The number of halogens is 2. The second-order valence-corrected chi connectivity index (χ2v) is 7.50. The first-order chi connectivity index (χ1) is 13.5. The number of aromatic nitrogens is 3. The van der Waals surface area contributed by atoms with Crippen molar-refractivity contribution in [2.45, 2.75) is 25.7 Å². The summed E-state index contributed by atoms with van der Waals surface area (Å²) in [4.78, 5) is 6.58. The maximum atomic E-state index is 13.4. The van der Waals surface area contributed by atoms with Gasteiger partial charge in [-0.05, 0) is 74.7 Å². The van der Waals surface area contributed by atoms with Crippen molar-refractivity contribution in [2.24, 2.45) is 0 Å². The summed E-state index contributed by atoms with van der Waals surface area (Å²) in [6.07, 6.45) is 3.82. The number of likely N-dealkylation sites (N-methyl/N-ethyl adjacent to an activating group) is 1. The fraction of sp³-hybridized carbons (Fsp3) is 0.333. The highest BCUT2D eigenvalue weighted by molar-refractivity contribution is 5.56. The molecule has 3 aromatic rings. The highest BCUT2D eigenvalue weighted by Crippen LogP contribution is 2.29. The van der Waals surface area contributed by atoms with E-state index in [2.05, 4.69) is 46.4 Å². The van der Waals surface area contributed by atoms with Gasteiger partial charge in [0.25, 0.3) is 0 Å². The van der Waals surface area contributed by atoms with E-state index in [1.807, 2.05) is 6.07 Å². The molecule has 0 aliphatic carbocycles. The molecule has 5 nitrogen and oxygen atoms in total. The van der Waals surface area contributed by atoms with Crippen LogP contribution >= 0.6 is 0 Å². The van der Waals surface area contributed by atoms with Crippen LogP contribution in [-0.2, 0) is 0 Å². The molecule has 1 fully saturated rings. The maximum absolute atomic E-state index is 13.4. The summed E-state index contributed by atoms with van der Waals surface area (Å²) in [6.45, 7) is 4.28. The standard InChI is InChI=1S/C21H23F2N5/c1-14-6-16(15-4-3-5-27(2)12-15)8-19(7-14)25-21-24-13-28(26-21)20-10-17(22)9-18(23)11-20/h6-11,13,15H,3-5,12H2,1-2H3,(H,25,26). The summed E-state index contributed by atoms with van der Waals surface area (Å²) in [7, 11) is 2.16. The van der Waals surface area contributed by atoms with Crippen LogP contribution < -0.4 is 5.32 Å². The SMILES string of the molecule is Cc1cc(Nc2ncn(-c3cc(F)cc(F)c3)n2)cc(C2CCCN(C)C2)c1. The van der Waals surface area contributed by atoms with Crippen LogP contribution in [0.25, 0.3) is 5.69 Å². The molecular weight excluding hydrogens is 360 g/mol. The minimum Gasteiger partial charge on any atom is -0.323 e. The molecule has 0 radical (unpaired) electrons. The predicted molar refractivity (Wildman–Crippen MR) is 105 cm³/mol. The molecule has 146 valence electrons. The molecule has 0 amide bonds. The number of anilines is 2. The summed E-state index contributed by atoms with van der Waals surface area (Å²) in [5.74, 6) is -0.413. The first kappa shape index (κ1) is 18.6. The molecule has 1 unspecified atom stereocenters. The van der Waals surface area contributed by atoms with Gasteiger partial charge in [-0.3, -0.25) is 0 Å². The molecule has 0 spiro atoms. The number of piperidine rings is 1. The highest BCUT2D eigenvalue weighted by atomic mass is 19.1. The lowest BCUT2D eigenvalue weighted by Crippen LogP contribution is -2.30. The van der Waals surface area contributed by atoms with Crippen molar-refractivity contribution in [1.29, 1.82) is 0 Å². The van der Waals surface area contributed by atoms with E-state index < -0.39 is 11.6 Å². The van der Waals surface area contributed by atoms with E-state index in [1.165, 1.54) is 47.1 Å². The van der Waals surface area contributed by atoms with Crippen molar-refractivity contribution in [3.8, 4) is 5.69 Å². The summed E-state index contributed by atoms with van der Waals surface area (Å²) >= 11 is 0. The number of likely N-dealkylation sites (tertiary alicyclic amines) is 1. The van der Waals surface area contributed by atoms with Gasteiger partial charge in [0, 0.05) is 18.3 Å². The minimum atomic E-state index is -0.652. The molecule has 1 aliphatic rings. The van der Waals surface area contributed by atoms with Crippen LogP contribution in [0.5, 0.6) is 0 Å². The van der Waals surface area contributed by atoms with Crippen LogP contribution in [-0.4, -0.2) is 39.8 Å². The first-order valence-corrected chi connectivity index (χ1v) is 9.41. The minimum absolute atomic E-state index is 0.285. The van der Waals surface area contributed by atoms with Crippen molar-refractivity contribution in [2.75, 3.05) is 25.5 Å². The smallest absolute Gasteiger partial charge is 0.246 e. The van der Waals surface area contributed by atoms with Crippen LogP contribution in [0, 0.1) is 18.6 Å². The van der Waals surface area contributed by atoms with Crippen LogP contribution in [0.4, 0.5) is 20.4 Å². The number of hydrogen-bond donors (Lipinski definition) is 1. The number of nitrogens with zero attached hydrogens (tertiary/aromatic N) is 4. The first-order valence-electron chi connectivity index (χ1n) is 9.41. The summed E-state index contributed by atoms with van der Waals surface area (Å²) in [5.41, 5.74) is 3.67. The van der Waals surface area contributed by atoms with Gasteiger partial charge in [-0.25, -0.2) is 13.5 Å². The van der Waals surface area contributed by atoms with Crippen molar-refractivity contribution in [3.05, 3.63) is 65.5 Å². The lowest BCUT2D eigenvalue weighted by molar-refractivity contribution is 0.251. The van der Waals surface area contributed by atoms with Gasteiger partial charge in [-0.15, -0.1) is 5.10 Å². The molecule has 28 heavy (non-hydrogen) atoms. The zero-order valence-electron chi connectivity index (χ0n) is 16.0. The molecule has 2 aromatic carbocycles. The molecule has 1 saturated heterocycles. The monoisotopic (exact) mass is 383 g/mol. The molecule has 2 heterocycles. The van der Waals surface area contributed by atoms with Gasteiger partial charge in [-0.2, -0.15) is 4.98 Å². The zero-order chi connectivity index (χ0) is 19.7. The Hall–Kier alpha value is -2.80. The van der Waals surface area contributed by atoms with E-state index in [0.717, 1.165) is 24.8 Å². The van der Waals surface area contributed by atoms with E-state index in [-0.39, 0.29) is 5.69 Å². The lowest BCUT2D eigenvalue weighted by atomic mass is 9.89. The second-order valence-electron chi connectivity index (χ2n) is 7.50. The zero-order valence-corrected chi connectivity index (χ0v) is 16.0. The van der Waals surface area contributed by atoms with Crippen LogP contribution in [0.1, 0.15) is 29.9 Å². The second kappa shape index (κ2) is 7.67. The fourth-order valence-corrected chi connectivity index (χ4v) is 3.80. The van der Waals surface area contributed by atoms with Crippen molar-refractivity contribution >= 4 is 11.6 Å². The Balaban J connectivity index is 1.55. The predicted octanol–water partition coefficient (Wildman–Crippen LogP) is 4.41. The Labute approximate surface area is 163 Å². The van der Waals surface area contributed by atoms with Crippen molar-refractivity contribution in [3.63, 3.8) is 0 Å². The molecule has 0 saturated carbocycles. The van der Waals surface area contributed by atoms with Gasteiger partial charge in [-0.1, -0.05) is 6.07 Å². The molecule has 0 bridgehead atoms. The summed E-state index contributed by atoms with van der Waals surface area (Å²) in [6, 6.07) is 9.67. The summed E-state index contributed by atoms with van der Waals surface area (Å²) < 4.78 is 28.2. The number of aryl methyl sites for hydroxylation is 1. The molecule has 1 aliphatic heterocycles. The van der Waals surface area contributed by atoms with Crippen LogP contribution in [0.2, 0.25) is 0 Å². The fourth-order valence-electron chi connectivity index (χ4n) is 3.80. The van der Waals surface area contributed by atoms with E-state index in [0.29, 0.717) is 11.9 Å². The molecule has 1 N–H and O–H groups in total. The van der Waals surface area contributed by atoms with E-state index in [9.17, 15) is 8.78 Å². The highest BCUT2D eigenvalue weighted by Gasteiger charge is 2.19. The maximum Gasteiger partial charge on any atom is 0.246 e. The van der Waals surface area contributed by atoms with Gasteiger partial charge in [0.05, 0.1) is 5.69 Å². The van der Waals surface area contributed by atoms with Crippen molar-refractivity contribution < 1.29 is 8.78 Å². The molecule has 4 rings (SSSR count). The van der Waals surface area contributed by atoms with Gasteiger partial charge in [0.1, 0.15) is 18.0 Å². The molecule has 1 aromatic heterocycles. The Morgan fingerprint density at radius 1 is 1.07 bits per heavy atom. The van der Waals surface area contributed by atoms with E-state index in [1.54, 1.807) is 0 Å². The largest absolute Gasteiger partial charge is 0.323 e. The topological polar surface area (TPSA) is 46.0 Å². The van der Waals surface area contributed by atoms with Gasteiger partial charge in [0.2, 0.25) is 5.95 Å². The van der Waals surface area contributed by atoms with Crippen LogP contribution in [0.3, 0.4) is 0 Å². The molecule has 7 heteroatoms. The number of benzene rings is 2. The lowest BCUT2D eigenvalue weighted by Gasteiger charge is -2.30. The number of hydrogen-bond acceptors (Lipinski definition) is 4. The molecule has 1 atom stereocenters. The Morgan fingerprint density at radius 3 is 2.61 bits per heavy atom. The van der Waals surface area contributed by atoms with Gasteiger partial charge >= 0.3 is 0 Å². The average molecular weight is 383 g/mol. The third kappa shape index (κ3) is 4.20. The molecular formula is C21H23F2N5. The van der Waals surface area contributed by atoms with E-state index in [4.69, 9.17) is 0 Å². The van der Waals surface area contributed by atoms with Crippen LogP contribution in [0.15, 0.2) is 42.7 Å². The summed E-state index contributed by atoms with van der Waals surface area (Å²) in [5, 5.41) is 7.51. The Bertz CT molecular complexity index is 964. The third-order valence-corrected chi connectivity index (χ3v) is 5.06. The number of nitrogens with one attached hydrogen (secondary N) is 1. The third-order valence-electron chi connectivity index (χ3n) is 5.06. The van der Waals surface area contributed by atoms with Crippen molar-refractivity contribution in [1.82, 2.24) is 19.7 Å². The van der Waals surface area contributed by atoms with E-state index >= 15 is 0 Å². The Kier molecular flexibility index (Phi) is 5.09.